The Kier molecular flexibility index (Phi) is 6.20. The zero-order valence-electron chi connectivity index (χ0n) is 13.9. The maximum atomic E-state index is 13.0. The van der Waals surface area contributed by atoms with Crippen LogP contribution in [0.4, 0.5) is 24.5 Å². The van der Waals surface area contributed by atoms with Gasteiger partial charge in [-0.2, -0.15) is 13.2 Å². The van der Waals surface area contributed by atoms with Crippen molar-refractivity contribution in [2.75, 3.05) is 31.4 Å². The number of hydrogen-bond donors (Lipinski definition) is 2. The predicted molar refractivity (Wildman–Crippen MR) is 93.1 cm³/mol. The standard InChI is InChI=1S/C17H16ClF3N2O3/c1-25-11-4-6-14(15(8-11)26-2)22-9-16(24)23-13-5-3-10(18)7-12(13)17(19,20)21/h3-8,22H,9H2,1-2H3,(H,23,24). The lowest BCUT2D eigenvalue weighted by molar-refractivity contribution is -0.137. The Morgan fingerprint density at radius 1 is 1.08 bits per heavy atom. The van der Waals surface area contributed by atoms with Crippen molar-refractivity contribution in [2.24, 2.45) is 0 Å². The number of methoxy groups -OCH3 is 2. The first-order valence-corrected chi connectivity index (χ1v) is 7.75. The average molecular weight is 389 g/mol. The number of hydrogen-bond acceptors (Lipinski definition) is 4. The van der Waals surface area contributed by atoms with Crippen molar-refractivity contribution in [1.29, 1.82) is 0 Å². The second-order valence-corrected chi connectivity index (χ2v) is 5.59. The molecule has 0 atom stereocenters. The summed E-state index contributed by atoms with van der Waals surface area (Å²) in [4.78, 5) is 12.0. The molecule has 0 aliphatic carbocycles. The first-order chi connectivity index (χ1) is 12.2. The van der Waals surface area contributed by atoms with E-state index in [1.54, 1.807) is 18.2 Å². The van der Waals surface area contributed by atoms with E-state index in [-0.39, 0.29) is 17.3 Å². The van der Waals surface area contributed by atoms with Crippen LogP contribution in [-0.2, 0) is 11.0 Å². The number of benzene rings is 2. The van der Waals surface area contributed by atoms with Crippen LogP contribution in [0.15, 0.2) is 36.4 Å². The van der Waals surface area contributed by atoms with Gasteiger partial charge in [-0.1, -0.05) is 11.6 Å². The van der Waals surface area contributed by atoms with Gasteiger partial charge in [0.1, 0.15) is 11.5 Å². The van der Waals surface area contributed by atoms with Gasteiger partial charge in [0.05, 0.1) is 37.7 Å². The first kappa shape index (κ1) is 19.7. The van der Waals surface area contributed by atoms with E-state index in [9.17, 15) is 18.0 Å². The zero-order chi connectivity index (χ0) is 19.3. The molecule has 0 bridgehead atoms. The summed E-state index contributed by atoms with van der Waals surface area (Å²) in [5.74, 6) is 0.336. The molecule has 0 saturated carbocycles. The molecule has 2 aromatic carbocycles. The minimum atomic E-state index is -4.64. The molecule has 0 aliphatic rings. The normalized spacial score (nSPS) is 11.0. The van der Waals surface area contributed by atoms with Gasteiger partial charge in [-0.05, 0) is 30.3 Å². The van der Waals surface area contributed by atoms with Gasteiger partial charge in [0.25, 0.3) is 0 Å². The van der Waals surface area contributed by atoms with Crippen molar-refractivity contribution in [3.05, 3.63) is 47.0 Å². The molecule has 0 aliphatic heterocycles. The van der Waals surface area contributed by atoms with E-state index in [1.807, 2.05) is 0 Å². The number of carbonyl (C=O) groups is 1. The number of anilines is 2. The van der Waals surface area contributed by atoms with Crippen LogP contribution in [0.25, 0.3) is 0 Å². The van der Waals surface area contributed by atoms with Crippen LogP contribution in [0, 0.1) is 0 Å². The van der Waals surface area contributed by atoms with E-state index in [0.717, 1.165) is 12.1 Å². The van der Waals surface area contributed by atoms with E-state index in [2.05, 4.69) is 10.6 Å². The smallest absolute Gasteiger partial charge is 0.418 e. The highest BCUT2D eigenvalue weighted by molar-refractivity contribution is 6.30. The fourth-order valence-corrected chi connectivity index (χ4v) is 2.35. The molecule has 140 valence electrons. The van der Waals surface area contributed by atoms with Crippen LogP contribution in [0.3, 0.4) is 0 Å². The van der Waals surface area contributed by atoms with Crippen LogP contribution in [0.5, 0.6) is 11.5 Å². The van der Waals surface area contributed by atoms with E-state index < -0.39 is 17.6 Å². The summed E-state index contributed by atoms with van der Waals surface area (Å²) in [6.07, 6.45) is -4.64. The minimum absolute atomic E-state index is 0.0728. The number of nitrogens with one attached hydrogen (secondary N) is 2. The molecule has 0 fully saturated rings. The van der Waals surface area contributed by atoms with Gasteiger partial charge in [0, 0.05) is 11.1 Å². The van der Waals surface area contributed by atoms with Gasteiger partial charge in [0.2, 0.25) is 5.91 Å². The number of carbonyl (C=O) groups excluding carboxylic acids is 1. The largest absolute Gasteiger partial charge is 0.497 e. The quantitative estimate of drug-likeness (QED) is 0.768. The van der Waals surface area contributed by atoms with E-state index >= 15 is 0 Å². The van der Waals surface area contributed by atoms with Gasteiger partial charge in [-0.25, -0.2) is 0 Å². The maximum absolute atomic E-state index is 13.0. The lowest BCUT2D eigenvalue weighted by Gasteiger charge is -2.15. The topological polar surface area (TPSA) is 59.6 Å². The summed E-state index contributed by atoms with van der Waals surface area (Å²) in [5, 5.41) is 4.96. The Hall–Kier alpha value is -2.61. The summed E-state index contributed by atoms with van der Waals surface area (Å²) >= 11 is 5.61. The van der Waals surface area contributed by atoms with Crippen LogP contribution in [0.2, 0.25) is 5.02 Å². The molecule has 2 rings (SSSR count). The molecular weight excluding hydrogens is 373 g/mol. The van der Waals surface area contributed by atoms with E-state index in [0.29, 0.717) is 17.2 Å². The van der Waals surface area contributed by atoms with Gasteiger partial charge >= 0.3 is 6.18 Å². The highest BCUT2D eigenvalue weighted by atomic mass is 35.5. The SMILES string of the molecule is COc1ccc(NCC(=O)Nc2ccc(Cl)cc2C(F)(F)F)c(OC)c1. The van der Waals surface area contributed by atoms with Crippen molar-refractivity contribution < 1.29 is 27.4 Å². The third-order valence-electron chi connectivity index (χ3n) is 3.41. The Labute approximate surface area is 153 Å². The fourth-order valence-electron chi connectivity index (χ4n) is 2.17. The van der Waals surface area contributed by atoms with E-state index in [4.69, 9.17) is 21.1 Å². The molecule has 5 nitrogen and oxygen atoms in total. The van der Waals surface area contributed by atoms with Gasteiger partial charge in [-0.3, -0.25) is 4.79 Å². The zero-order valence-corrected chi connectivity index (χ0v) is 14.7. The number of rotatable bonds is 6. The third-order valence-corrected chi connectivity index (χ3v) is 3.64. The van der Waals surface area contributed by atoms with E-state index in [1.165, 1.54) is 20.3 Å². The van der Waals surface area contributed by atoms with Crippen LogP contribution in [0.1, 0.15) is 5.56 Å². The number of amides is 1. The summed E-state index contributed by atoms with van der Waals surface area (Å²) in [6.45, 7) is -0.261. The molecule has 0 unspecified atom stereocenters. The van der Waals surface area contributed by atoms with Gasteiger partial charge in [0.15, 0.2) is 0 Å². The molecule has 0 saturated heterocycles. The molecule has 0 aromatic heterocycles. The lowest BCUT2D eigenvalue weighted by Crippen LogP contribution is -2.23. The number of ether oxygens (including phenoxy) is 2. The van der Waals surface area contributed by atoms with Crippen LogP contribution in [-0.4, -0.2) is 26.7 Å². The molecule has 26 heavy (non-hydrogen) atoms. The highest BCUT2D eigenvalue weighted by Crippen LogP contribution is 2.36. The van der Waals surface area contributed by atoms with Crippen LogP contribution < -0.4 is 20.1 Å². The summed E-state index contributed by atoms with van der Waals surface area (Å²) < 4.78 is 49.4. The number of halogens is 4. The van der Waals surface area contributed by atoms with Gasteiger partial charge < -0.3 is 20.1 Å². The number of alkyl halides is 3. The molecule has 9 heteroatoms. The van der Waals surface area contributed by atoms with Crippen molar-refractivity contribution in [1.82, 2.24) is 0 Å². The Balaban J connectivity index is 2.09. The summed E-state index contributed by atoms with van der Waals surface area (Å²) in [7, 11) is 2.95. The van der Waals surface area contributed by atoms with Crippen LogP contribution >= 0.6 is 11.6 Å². The average Bonchev–Trinajstić information content (AvgIpc) is 2.60. The lowest BCUT2D eigenvalue weighted by atomic mass is 10.1. The summed E-state index contributed by atoms with van der Waals surface area (Å²) in [6, 6.07) is 8.04. The molecule has 0 heterocycles. The Morgan fingerprint density at radius 2 is 1.77 bits per heavy atom. The molecular formula is C17H16ClF3N2O3. The first-order valence-electron chi connectivity index (χ1n) is 7.37. The minimum Gasteiger partial charge on any atom is -0.497 e. The molecule has 0 spiro atoms. The molecule has 0 radical (unpaired) electrons. The second kappa shape index (κ2) is 8.18. The van der Waals surface area contributed by atoms with Gasteiger partial charge in [-0.15, -0.1) is 0 Å². The van der Waals surface area contributed by atoms with Crippen molar-refractivity contribution in [3.63, 3.8) is 0 Å². The molecule has 1 amide bonds. The fraction of sp³-hybridized carbons (Fsp3) is 0.235. The van der Waals surface area contributed by atoms with Crippen molar-refractivity contribution in [3.8, 4) is 11.5 Å². The highest BCUT2D eigenvalue weighted by Gasteiger charge is 2.34. The Bertz CT molecular complexity index is 797. The molecule has 2 aromatic rings. The second-order valence-electron chi connectivity index (χ2n) is 5.16. The van der Waals surface area contributed by atoms with Crippen molar-refractivity contribution >= 4 is 28.9 Å². The molecule has 2 N–H and O–H groups in total. The predicted octanol–water partition coefficient (Wildman–Crippen LogP) is 4.43. The Morgan fingerprint density at radius 3 is 2.38 bits per heavy atom. The monoisotopic (exact) mass is 388 g/mol. The summed E-state index contributed by atoms with van der Waals surface area (Å²) in [5.41, 5.74) is -0.883. The third kappa shape index (κ3) is 4.95. The van der Waals surface area contributed by atoms with Crippen molar-refractivity contribution in [2.45, 2.75) is 6.18 Å². The maximum Gasteiger partial charge on any atom is 0.418 e.